The fourth-order valence-corrected chi connectivity index (χ4v) is 7.38. The van der Waals surface area contributed by atoms with Crippen LogP contribution < -0.4 is 0 Å². The molecule has 0 radical (unpaired) electrons. The number of esters is 1. The number of rotatable bonds is 2. The molecule has 148 valence electrons. The topological polar surface area (TPSA) is 80.8 Å². The lowest BCUT2D eigenvalue weighted by atomic mass is 9.70. The molecule has 0 aromatic carbocycles. The molecule has 2 saturated heterocycles. The highest BCUT2D eigenvalue weighted by Crippen LogP contribution is 2.53. The van der Waals surface area contributed by atoms with E-state index in [4.69, 9.17) is 4.74 Å². The first-order chi connectivity index (χ1) is 12.7. The summed E-state index contributed by atoms with van der Waals surface area (Å²) in [5.74, 6) is -0.383. The lowest BCUT2D eigenvalue weighted by Gasteiger charge is -2.48. The van der Waals surface area contributed by atoms with Crippen LogP contribution in [0.5, 0.6) is 0 Å². The summed E-state index contributed by atoms with van der Waals surface area (Å²) in [6.07, 6.45) is 9.55. The largest absolute Gasteiger partial charge is 0.431 e. The van der Waals surface area contributed by atoms with Crippen molar-refractivity contribution >= 4 is 21.9 Å². The van der Waals surface area contributed by atoms with Gasteiger partial charge in [0.05, 0.1) is 16.9 Å². The van der Waals surface area contributed by atoms with Gasteiger partial charge in [-0.25, -0.2) is 12.7 Å². The first-order valence-electron chi connectivity index (χ1n) is 9.92. The molecule has 4 aliphatic rings. The summed E-state index contributed by atoms with van der Waals surface area (Å²) >= 11 is 0. The highest BCUT2D eigenvalue weighted by atomic mass is 32.2. The summed E-state index contributed by atoms with van der Waals surface area (Å²) in [5, 5.41) is 0. The van der Waals surface area contributed by atoms with Crippen LogP contribution in [0.4, 0.5) is 0 Å². The van der Waals surface area contributed by atoms with Gasteiger partial charge < -0.3 is 4.74 Å². The van der Waals surface area contributed by atoms with Crippen molar-refractivity contribution in [1.82, 2.24) is 4.31 Å². The second-order valence-electron chi connectivity index (χ2n) is 8.75. The van der Waals surface area contributed by atoms with Crippen LogP contribution in [0.15, 0.2) is 22.8 Å². The summed E-state index contributed by atoms with van der Waals surface area (Å²) in [7, 11) is -3.79. The Morgan fingerprint density at radius 3 is 2.59 bits per heavy atom. The molecule has 3 fully saturated rings. The summed E-state index contributed by atoms with van der Waals surface area (Å²) in [6.45, 7) is 4.00. The molecule has 1 amide bonds. The molecule has 1 saturated carbocycles. The molecule has 0 aromatic heterocycles. The van der Waals surface area contributed by atoms with Gasteiger partial charge in [-0.15, -0.1) is 0 Å². The highest BCUT2D eigenvalue weighted by molar-refractivity contribution is 7.93. The van der Waals surface area contributed by atoms with Crippen molar-refractivity contribution in [3.05, 3.63) is 22.8 Å². The van der Waals surface area contributed by atoms with Gasteiger partial charge in [0.25, 0.3) is 10.0 Å². The molecule has 0 aromatic rings. The highest BCUT2D eigenvalue weighted by Gasteiger charge is 2.57. The molecule has 27 heavy (non-hydrogen) atoms. The first-order valence-corrected chi connectivity index (χ1v) is 11.4. The Kier molecular flexibility index (Phi) is 4.48. The lowest BCUT2D eigenvalue weighted by Crippen LogP contribution is -2.55. The molecule has 2 aliphatic heterocycles. The average molecular weight is 394 g/mol. The van der Waals surface area contributed by atoms with Crippen LogP contribution in [0.1, 0.15) is 65.2 Å². The van der Waals surface area contributed by atoms with Gasteiger partial charge in [-0.1, -0.05) is 39.2 Å². The Hall–Kier alpha value is -1.63. The summed E-state index contributed by atoms with van der Waals surface area (Å²) in [6, 6.07) is -0.346. The van der Waals surface area contributed by atoms with Crippen LogP contribution in [-0.2, 0) is 24.3 Å². The number of carbonyl (C=O) groups excluding carboxylic acids is 2. The zero-order valence-electron chi connectivity index (χ0n) is 15.9. The van der Waals surface area contributed by atoms with Crippen LogP contribution in [0.25, 0.3) is 0 Å². The Balaban J connectivity index is 1.60. The molecule has 7 heteroatoms. The van der Waals surface area contributed by atoms with E-state index in [1.165, 1.54) is 6.42 Å². The van der Waals surface area contributed by atoms with Crippen molar-refractivity contribution in [2.75, 3.05) is 0 Å². The Bertz CT molecular complexity index is 832. The average Bonchev–Trinajstić information content (AvgIpc) is 3.05. The Labute approximate surface area is 160 Å². The minimum Gasteiger partial charge on any atom is -0.431 e. The summed E-state index contributed by atoms with van der Waals surface area (Å²) in [5.41, 5.74) is -0.438. The van der Waals surface area contributed by atoms with E-state index in [0.717, 1.165) is 30.0 Å². The standard InChI is InChI=1S/C20H27NO5S/c1-20(2)15-12-14(26-19(23)13-6-4-3-5-7-13)8-9-16(15)27(24,25)21-17(20)10-11-18(21)22/h9,12-13,15,17H,3-8,10-11H2,1-2H3/t15-,17-/m0/s1. The van der Waals surface area contributed by atoms with Gasteiger partial charge in [-0.3, -0.25) is 9.59 Å². The number of hydrogen-bond donors (Lipinski definition) is 0. The quantitative estimate of drug-likeness (QED) is 0.673. The van der Waals surface area contributed by atoms with Crippen molar-refractivity contribution in [2.24, 2.45) is 17.3 Å². The van der Waals surface area contributed by atoms with Crippen LogP contribution in [0.2, 0.25) is 0 Å². The predicted molar refractivity (Wildman–Crippen MR) is 99.5 cm³/mol. The van der Waals surface area contributed by atoms with Gasteiger partial charge in [-0.2, -0.15) is 0 Å². The van der Waals surface area contributed by atoms with Crippen LogP contribution in [-0.4, -0.2) is 30.6 Å². The van der Waals surface area contributed by atoms with E-state index < -0.39 is 15.4 Å². The van der Waals surface area contributed by atoms with Crippen LogP contribution in [0, 0.1) is 17.3 Å². The SMILES string of the molecule is CC1(C)[C@@H]2CCC(=O)N2S(=O)(=O)C2=CCC(OC(=O)C3CCCCC3)=C[C@@H]21. The number of sulfonamides is 1. The monoisotopic (exact) mass is 393 g/mol. The molecular formula is C20H27NO5S. The van der Waals surface area contributed by atoms with Crippen molar-refractivity contribution in [3.8, 4) is 0 Å². The van der Waals surface area contributed by atoms with Gasteiger partial charge in [-0.05, 0) is 30.8 Å². The van der Waals surface area contributed by atoms with Crippen LogP contribution in [0.3, 0.4) is 0 Å². The van der Waals surface area contributed by atoms with Crippen molar-refractivity contribution in [3.63, 3.8) is 0 Å². The molecule has 0 spiro atoms. The number of allylic oxidation sites excluding steroid dienone is 3. The summed E-state index contributed by atoms with van der Waals surface area (Å²) in [4.78, 5) is 25.0. The Morgan fingerprint density at radius 2 is 1.89 bits per heavy atom. The van der Waals surface area contributed by atoms with E-state index in [1.807, 2.05) is 19.9 Å². The molecule has 4 rings (SSSR count). The molecule has 0 unspecified atom stereocenters. The Morgan fingerprint density at radius 1 is 1.19 bits per heavy atom. The van der Waals surface area contributed by atoms with Gasteiger partial charge in [0.2, 0.25) is 5.91 Å². The molecular weight excluding hydrogens is 366 g/mol. The van der Waals surface area contributed by atoms with Crippen LogP contribution >= 0.6 is 0 Å². The van der Waals surface area contributed by atoms with E-state index in [1.54, 1.807) is 6.08 Å². The molecule has 2 atom stereocenters. The number of fused-ring (bicyclic) bond motifs is 2. The molecule has 2 aliphatic carbocycles. The van der Waals surface area contributed by atoms with Crippen molar-refractivity contribution in [1.29, 1.82) is 0 Å². The van der Waals surface area contributed by atoms with E-state index >= 15 is 0 Å². The zero-order chi connectivity index (χ0) is 19.4. The number of ether oxygens (including phenoxy) is 1. The molecule has 0 N–H and O–H groups in total. The van der Waals surface area contributed by atoms with Gasteiger partial charge in [0, 0.05) is 18.8 Å². The number of nitrogens with zero attached hydrogens (tertiary/aromatic N) is 1. The first kappa shape index (κ1) is 18.7. The number of hydrogen-bond acceptors (Lipinski definition) is 5. The number of carbonyl (C=O) groups is 2. The normalized spacial score (nSPS) is 32.2. The van der Waals surface area contributed by atoms with Crippen molar-refractivity contribution in [2.45, 2.75) is 71.3 Å². The molecule has 0 bridgehead atoms. The van der Waals surface area contributed by atoms with E-state index in [9.17, 15) is 18.0 Å². The van der Waals surface area contributed by atoms with E-state index in [2.05, 4.69) is 0 Å². The van der Waals surface area contributed by atoms with E-state index in [-0.39, 0.29) is 47.5 Å². The minimum absolute atomic E-state index is 0.0453. The lowest BCUT2D eigenvalue weighted by molar-refractivity contribution is -0.145. The second-order valence-corrected chi connectivity index (χ2v) is 10.6. The smallest absolute Gasteiger partial charge is 0.314 e. The maximum Gasteiger partial charge on any atom is 0.314 e. The third kappa shape index (κ3) is 2.94. The maximum atomic E-state index is 13.0. The maximum absolute atomic E-state index is 13.0. The molecule has 2 heterocycles. The van der Waals surface area contributed by atoms with Gasteiger partial charge in [0.15, 0.2) is 0 Å². The van der Waals surface area contributed by atoms with Gasteiger partial charge >= 0.3 is 5.97 Å². The van der Waals surface area contributed by atoms with Gasteiger partial charge in [0.1, 0.15) is 5.76 Å². The van der Waals surface area contributed by atoms with Crippen molar-refractivity contribution < 1.29 is 22.7 Å². The third-order valence-corrected chi connectivity index (χ3v) is 8.70. The zero-order valence-corrected chi connectivity index (χ0v) is 16.8. The number of amides is 1. The predicted octanol–water partition coefficient (Wildman–Crippen LogP) is 3.26. The minimum atomic E-state index is -3.79. The summed E-state index contributed by atoms with van der Waals surface area (Å²) < 4.78 is 32.8. The second kappa shape index (κ2) is 6.47. The third-order valence-electron chi connectivity index (χ3n) is 6.71. The fourth-order valence-electron chi connectivity index (χ4n) is 5.10. The fraction of sp³-hybridized carbons (Fsp3) is 0.700. The molecule has 6 nitrogen and oxygen atoms in total. The van der Waals surface area contributed by atoms with E-state index in [0.29, 0.717) is 12.2 Å².